The molecule has 2 aromatic rings. The molecule has 27 heavy (non-hydrogen) atoms. The van der Waals surface area contributed by atoms with Crippen molar-refractivity contribution >= 4 is 20.8 Å². The van der Waals surface area contributed by atoms with Crippen molar-refractivity contribution in [2.45, 2.75) is 38.3 Å². The Morgan fingerprint density at radius 1 is 0.926 bits per heavy atom. The van der Waals surface area contributed by atoms with Crippen molar-refractivity contribution in [1.82, 2.24) is 9.62 Å². The number of carbonyl (C=O) groups is 1. The molecule has 1 aliphatic carbocycles. The Labute approximate surface area is 159 Å². The molecule has 1 fully saturated rings. The Morgan fingerprint density at radius 3 is 2.15 bits per heavy atom. The van der Waals surface area contributed by atoms with E-state index in [1.807, 2.05) is 36.4 Å². The van der Waals surface area contributed by atoms with E-state index in [-0.39, 0.29) is 16.6 Å². The zero-order chi connectivity index (χ0) is 18.9. The van der Waals surface area contributed by atoms with Crippen molar-refractivity contribution in [1.29, 1.82) is 0 Å². The van der Waals surface area contributed by atoms with Crippen molar-refractivity contribution < 1.29 is 13.2 Å². The lowest BCUT2D eigenvalue weighted by atomic mass is 10.1. The molecule has 0 aromatic heterocycles. The van der Waals surface area contributed by atoms with E-state index in [9.17, 15) is 13.2 Å². The second-order valence-electron chi connectivity index (χ2n) is 6.95. The van der Waals surface area contributed by atoms with Crippen LogP contribution >= 0.6 is 0 Å². The maximum atomic E-state index is 13.3. The highest BCUT2D eigenvalue weighted by molar-refractivity contribution is 7.99. The fourth-order valence-electron chi connectivity index (χ4n) is 3.87. The number of nitrogens with zero attached hydrogens (tertiary/aromatic N) is 1. The van der Waals surface area contributed by atoms with Gasteiger partial charge in [-0.05, 0) is 24.0 Å². The lowest BCUT2D eigenvalue weighted by molar-refractivity contribution is -0.123. The summed E-state index contributed by atoms with van der Waals surface area (Å²) in [6, 6.07) is 18.3. The highest BCUT2D eigenvalue weighted by atomic mass is 32.2. The number of hydrogen-bond acceptors (Lipinski definition) is 4. The summed E-state index contributed by atoms with van der Waals surface area (Å²) in [5.41, 5.74) is 1.71. The highest BCUT2D eigenvalue weighted by Crippen LogP contribution is 2.39. The summed E-state index contributed by atoms with van der Waals surface area (Å²) in [6.07, 6.45) is 3.38. The predicted octanol–water partition coefficient (Wildman–Crippen LogP) is 3.26. The molecule has 6 heteroatoms. The molecule has 0 atom stereocenters. The minimum atomic E-state index is -3.87. The van der Waals surface area contributed by atoms with E-state index < -0.39 is 15.9 Å². The minimum absolute atomic E-state index is 0.0935. The first-order valence-electron chi connectivity index (χ1n) is 9.25. The molecular weight excluding hydrogens is 360 g/mol. The van der Waals surface area contributed by atoms with Gasteiger partial charge in [-0.1, -0.05) is 73.5 Å². The molecule has 0 unspecified atom stereocenters. The summed E-state index contributed by atoms with van der Waals surface area (Å²) in [5, 5.41) is 3.11. The van der Waals surface area contributed by atoms with Crippen LogP contribution in [0.4, 0.5) is 0 Å². The third-order valence-corrected chi connectivity index (χ3v) is 7.10. The van der Waals surface area contributed by atoms with Gasteiger partial charge in [0, 0.05) is 12.6 Å². The van der Waals surface area contributed by atoms with Crippen LogP contribution in [0.15, 0.2) is 66.4 Å². The average molecular weight is 382 g/mol. The van der Waals surface area contributed by atoms with E-state index >= 15 is 0 Å². The van der Waals surface area contributed by atoms with Crippen LogP contribution in [0.3, 0.4) is 0 Å². The average Bonchev–Trinajstić information content (AvgIpc) is 3.26. The maximum Gasteiger partial charge on any atom is 0.285 e. The summed E-state index contributed by atoms with van der Waals surface area (Å²) in [5.74, 6) is -0.434. The molecule has 2 aliphatic rings. The summed E-state index contributed by atoms with van der Waals surface area (Å²) >= 11 is 0. The number of amides is 1. The van der Waals surface area contributed by atoms with Gasteiger partial charge in [-0.15, -0.1) is 0 Å². The topological polar surface area (TPSA) is 66.5 Å². The second-order valence-corrected chi connectivity index (χ2v) is 8.71. The van der Waals surface area contributed by atoms with E-state index in [4.69, 9.17) is 0 Å². The highest BCUT2D eigenvalue weighted by Gasteiger charge is 2.48. The van der Waals surface area contributed by atoms with E-state index in [1.165, 1.54) is 0 Å². The van der Waals surface area contributed by atoms with Crippen molar-refractivity contribution in [2.75, 3.05) is 0 Å². The molecule has 1 N–H and O–H groups in total. The fraction of sp³-hybridized carbons (Fsp3) is 0.286. The summed E-state index contributed by atoms with van der Waals surface area (Å²) in [7, 11) is -3.87. The van der Waals surface area contributed by atoms with Crippen molar-refractivity contribution in [3.8, 4) is 0 Å². The zero-order valence-electron chi connectivity index (χ0n) is 15.0. The van der Waals surface area contributed by atoms with Crippen molar-refractivity contribution in [3.05, 3.63) is 77.5 Å². The Morgan fingerprint density at radius 2 is 1.52 bits per heavy atom. The fourth-order valence-corrected chi connectivity index (χ4v) is 5.83. The summed E-state index contributed by atoms with van der Waals surface area (Å²) < 4.78 is 27.8. The van der Waals surface area contributed by atoms with Gasteiger partial charge in [0.2, 0.25) is 0 Å². The number of hydrogen-bond donors (Lipinski definition) is 1. The van der Waals surface area contributed by atoms with Crippen molar-refractivity contribution in [2.24, 2.45) is 0 Å². The molecule has 2 aromatic carbocycles. The Hall–Kier alpha value is -2.60. The molecule has 5 nitrogen and oxygen atoms in total. The van der Waals surface area contributed by atoms with Crippen LogP contribution in [0.1, 0.15) is 36.8 Å². The number of sulfonamides is 1. The van der Waals surface area contributed by atoms with Crippen LogP contribution in [0.25, 0.3) is 4.91 Å². The van der Waals surface area contributed by atoms with Gasteiger partial charge in [-0.3, -0.25) is 4.79 Å². The quantitative estimate of drug-likeness (QED) is 0.862. The van der Waals surface area contributed by atoms with E-state index in [0.717, 1.165) is 35.6 Å². The van der Waals surface area contributed by atoms with Gasteiger partial charge in [0.1, 0.15) is 10.6 Å². The van der Waals surface area contributed by atoms with Crippen LogP contribution < -0.4 is 5.32 Å². The summed E-state index contributed by atoms with van der Waals surface area (Å²) in [4.78, 5) is 13.2. The maximum absolute atomic E-state index is 13.3. The normalized spacial score (nSPS) is 19.7. The first-order chi connectivity index (χ1) is 13.1. The molecule has 0 spiro atoms. The molecule has 1 aliphatic heterocycles. The molecule has 0 bridgehead atoms. The van der Waals surface area contributed by atoms with Gasteiger partial charge in [0.05, 0.1) is 0 Å². The number of carbonyl (C=O) groups excluding carboxylic acids is 1. The number of benzene rings is 2. The minimum Gasteiger partial charge on any atom is -0.375 e. The molecule has 4 rings (SSSR count). The number of nitrogens with one attached hydrogen (secondary N) is 1. The van der Waals surface area contributed by atoms with Crippen LogP contribution in [0.2, 0.25) is 0 Å². The van der Waals surface area contributed by atoms with Crippen molar-refractivity contribution in [3.63, 3.8) is 0 Å². The molecule has 0 radical (unpaired) electrons. The molecule has 140 valence electrons. The van der Waals surface area contributed by atoms with E-state index in [1.54, 1.807) is 24.3 Å². The van der Waals surface area contributed by atoms with E-state index in [2.05, 4.69) is 5.32 Å². The Kier molecular flexibility index (Phi) is 4.74. The Balaban J connectivity index is 1.75. The SMILES string of the molecule is O=C1C(NCc2ccccc2)=C(c2ccccc2)S(=O)(=O)N1C1CCCC1. The number of rotatable bonds is 5. The van der Waals surface area contributed by atoms with Crippen LogP contribution in [-0.4, -0.2) is 24.7 Å². The first kappa shape index (κ1) is 17.8. The zero-order valence-corrected chi connectivity index (χ0v) is 15.8. The standard InChI is InChI=1S/C21H22N2O3S/c24-21-19(22-15-16-9-3-1-4-10-16)20(17-11-5-2-6-12-17)27(25,26)23(21)18-13-7-8-14-18/h1-6,9-12,18,22H,7-8,13-15H2. The first-order valence-corrected chi connectivity index (χ1v) is 10.7. The van der Waals surface area contributed by atoms with Crippen LogP contribution in [0, 0.1) is 0 Å². The van der Waals surface area contributed by atoms with Gasteiger partial charge >= 0.3 is 0 Å². The third kappa shape index (κ3) is 3.25. The van der Waals surface area contributed by atoms with Gasteiger partial charge in [0.15, 0.2) is 0 Å². The molecule has 1 saturated carbocycles. The summed E-state index contributed by atoms with van der Waals surface area (Å²) in [6.45, 7) is 0.395. The molecule has 0 saturated heterocycles. The smallest absolute Gasteiger partial charge is 0.285 e. The molecule has 1 heterocycles. The van der Waals surface area contributed by atoms with Gasteiger partial charge in [-0.25, -0.2) is 12.7 Å². The second kappa shape index (κ2) is 7.19. The monoisotopic (exact) mass is 382 g/mol. The van der Waals surface area contributed by atoms with E-state index in [0.29, 0.717) is 12.1 Å². The predicted molar refractivity (Wildman–Crippen MR) is 105 cm³/mol. The lowest BCUT2D eigenvalue weighted by Crippen LogP contribution is -2.40. The molecule has 1 amide bonds. The van der Waals surface area contributed by atoms with Gasteiger partial charge in [0.25, 0.3) is 15.9 Å². The largest absolute Gasteiger partial charge is 0.375 e. The van der Waals surface area contributed by atoms with Crippen LogP contribution in [0.5, 0.6) is 0 Å². The Bertz CT molecular complexity index is 963. The van der Waals surface area contributed by atoms with Crippen LogP contribution in [-0.2, 0) is 21.4 Å². The molecular formula is C21H22N2O3S. The van der Waals surface area contributed by atoms with Gasteiger partial charge in [-0.2, -0.15) is 0 Å². The lowest BCUT2D eigenvalue weighted by Gasteiger charge is -2.23. The third-order valence-electron chi connectivity index (χ3n) is 5.16. The van der Waals surface area contributed by atoms with Gasteiger partial charge < -0.3 is 5.32 Å².